The van der Waals surface area contributed by atoms with Gasteiger partial charge in [-0.15, -0.1) is 15.3 Å². The van der Waals surface area contributed by atoms with Crippen molar-refractivity contribution in [1.82, 2.24) is 19.8 Å². The largest absolute Gasteiger partial charge is 0.477 e. The first-order chi connectivity index (χ1) is 7.79. The summed E-state index contributed by atoms with van der Waals surface area (Å²) in [6.45, 7) is 2.54. The summed E-state index contributed by atoms with van der Waals surface area (Å²) in [6, 6.07) is 1.97. The summed E-state index contributed by atoms with van der Waals surface area (Å²) >= 11 is 0. The fourth-order valence-electron chi connectivity index (χ4n) is 1.78. The van der Waals surface area contributed by atoms with E-state index in [1.165, 1.54) is 17.4 Å². The Morgan fingerprint density at radius 3 is 3.00 bits per heavy atom. The number of aromatic nitrogens is 4. The van der Waals surface area contributed by atoms with Crippen molar-refractivity contribution in [1.29, 1.82) is 0 Å². The monoisotopic (exact) mass is 219 g/mol. The number of hydrogen-bond acceptors (Lipinski definition) is 5. The lowest BCUT2D eigenvalue weighted by Crippen LogP contribution is -2.05. The Morgan fingerprint density at radius 1 is 1.50 bits per heavy atom. The first-order valence-corrected chi connectivity index (χ1v) is 5.44. The predicted octanol–water partition coefficient (Wildman–Crippen LogP) is 0.983. The zero-order valence-corrected chi connectivity index (χ0v) is 9.05. The molecule has 0 spiro atoms. The molecule has 0 radical (unpaired) electrons. The van der Waals surface area contributed by atoms with Crippen molar-refractivity contribution < 1.29 is 4.74 Å². The molecule has 2 aromatic rings. The van der Waals surface area contributed by atoms with Crippen LogP contribution in [-0.2, 0) is 0 Å². The minimum Gasteiger partial charge on any atom is -0.477 e. The van der Waals surface area contributed by atoms with Gasteiger partial charge in [-0.3, -0.25) is 0 Å². The molecule has 0 unspecified atom stereocenters. The topological polar surface area (TPSA) is 78.3 Å². The summed E-state index contributed by atoms with van der Waals surface area (Å²) in [4.78, 5) is 0. The number of nitrogen functional groups attached to an aromatic ring is 1. The smallest absolute Gasteiger partial charge is 0.243 e. The molecule has 0 aromatic carbocycles. The molecule has 0 aliphatic heterocycles. The third-order valence-corrected chi connectivity index (χ3v) is 2.71. The second-order valence-corrected chi connectivity index (χ2v) is 3.94. The molecule has 0 amide bonds. The molecule has 2 heterocycles. The summed E-state index contributed by atoms with van der Waals surface area (Å²) in [6.07, 6.45) is 2.39. The maximum atomic E-state index is 5.65. The van der Waals surface area contributed by atoms with Gasteiger partial charge in [-0.2, -0.15) is 4.52 Å². The van der Waals surface area contributed by atoms with Gasteiger partial charge in [0.15, 0.2) is 5.65 Å². The maximum absolute atomic E-state index is 5.65. The molecule has 1 fully saturated rings. The van der Waals surface area contributed by atoms with Crippen LogP contribution >= 0.6 is 0 Å². The van der Waals surface area contributed by atoms with Crippen LogP contribution in [0, 0.1) is 0 Å². The van der Waals surface area contributed by atoms with E-state index in [-0.39, 0.29) is 0 Å². The highest BCUT2D eigenvalue weighted by Crippen LogP contribution is 2.43. The van der Waals surface area contributed by atoms with Crippen molar-refractivity contribution >= 4 is 11.6 Å². The number of ether oxygens (including phenoxy) is 1. The van der Waals surface area contributed by atoms with Crippen molar-refractivity contribution in [2.75, 3.05) is 12.3 Å². The zero-order chi connectivity index (χ0) is 11.1. The minimum atomic E-state index is 0.290. The molecule has 0 saturated heterocycles. The summed E-state index contributed by atoms with van der Waals surface area (Å²) < 4.78 is 7.04. The van der Waals surface area contributed by atoms with E-state index >= 15 is 0 Å². The fraction of sp³-hybridized carbons (Fsp3) is 0.500. The van der Waals surface area contributed by atoms with Gasteiger partial charge in [0, 0.05) is 5.56 Å². The summed E-state index contributed by atoms with van der Waals surface area (Å²) in [5, 5.41) is 12.1. The van der Waals surface area contributed by atoms with Crippen LogP contribution in [0.1, 0.15) is 31.2 Å². The molecular formula is C10H13N5O. The third-order valence-electron chi connectivity index (χ3n) is 2.71. The maximum Gasteiger partial charge on any atom is 0.243 e. The van der Waals surface area contributed by atoms with Crippen LogP contribution in [0.15, 0.2) is 6.07 Å². The number of nitrogens with zero attached hydrogens (tertiary/aromatic N) is 4. The molecule has 2 aromatic heterocycles. The van der Waals surface area contributed by atoms with Gasteiger partial charge in [0.05, 0.1) is 6.61 Å². The van der Waals surface area contributed by atoms with E-state index in [0.717, 1.165) is 5.56 Å². The number of anilines is 1. The van der Waals surface area contributed by atoms with Crippen LogP contribution < -0.4 is 10.5 Å². The second kappa shape index (κ2) is 3.33. The molecule has 0 bridgehead atoms. The number of fused-ring (bicyclic) bond motifs is 1. The van der Waals surface area contributed by atoms with Crippen LogP contribution in [0.3, 0.4) is 0 Å². The number of nitrogens with two attached hydrogens (primary N) is 1. The molecule has 6 heteroatoms. The minimum absolute atomic E-state index is 0.290. The number of hydrogen-bond donors (Lipinski definition) is 1. The van der Waals surface area contributed by atoms with Crippen molar-refractivity contribution in [2.45, 2.75) is 25.7 Å². The highest BCUT2D eigenvalue weighted by Gasteiger charge is 2.28. The molecule has 6 nitrogen and oxygen atoms in total. The van der Waals surface area contributed by atoms with E-state index in [4.69, 9.17) is 10.5 Å². The second-order valence-electron chi connectivity index (χ2n) is 3.94. The fourth-order valence-corrected chi connectivity index (χ4v) is 1.78. The van der Waals surface area contributed by atoms with E-state index in [0.29, 0.717) is 30.0 Å². The van der Waals surface area contributed by atoms with Crippen LogP contribution in [0.5, 0.6) is 5.88 Å². The van der Waals surface area contributed by atoms with Gasteiger partial charge in [0.25, 0.3) is 0 Å². The molecule has 3 rings (SSSR count). The number of rotatable bonds is 3. The van der Waals surface area contributed by atoms with E-state index in [1.807, 2.05) is 13.0 Å². The molecule has 1 saturated carbocycles. The Hall–Kier alpha value is -1.85. The molecule has 84 valence electrons. The normalized spacial score (nSPS) is 15.6. The highest BCUT2D eigenvalue weighted by molar-refractivity contribution is 5.48. The van der Waals surface area contributed by atoms with E-state index in [1.54, 1.807) is 0 Å². The standard InChI is InChI=1S/C10H13N5O/c1-2-16-9-7(6-3-4-6)5-8-12-13-10(11)15(8)14-9/h5-6H,2-4H2,1H3,(H2,11,13). The third kappa shape index (κ3) is 1.37. The first-order valence-electron chi connectivity index (χ1n) is 5.44. The van der Waals surface area contributed by atoms with Crippen molar-refractivity contribution in [2.24, 2.45) is 0 Å². The van der Waals surface area contributed by atoms with E-state index in [9.17, 15) is 0 Å². The lowest BCUT2D eigenvalue weighted by Gasteiger charge is -2.08. The van der Waals surface area contributed by atoms with Gasteiger partial charge in [-0.1, -0.05) is 0 Å². The average molecular weight is 219 g/mol. The molecule has 1 aliphatic carbocycles. The predicted molar refractivity (Wildman–Crippen MR) is 58.3 cm³/mol. The SMILES string of the molecule is CCOc1nn2c(N)nnc2cc1C1CC1. The Labute approximate surface area is 92.4 Å². The van der Waals surface area contributed by atoms with Crippen LogP contribution in [-0.4, -0.2) is 26.4 Å². The van der Waals surface area contributed by atoms with Gasteiger partial charge in [0.1, 0.15) is 0 Å². The van der Waals surface area contributed by atoms with Crippen molar-refractivity contribution in [3.05, 3.63) is 11.6 Å². The van der Waals surface area contributed by atoms with Crippen LogP contribution in [0.4, 0.5) is 5.95 Å². The van der Waals surface area contributed by atoms with E-state index < -0.39 is 0 Å². The first kappa shape index (κ1) is 9.38. The summed E-state index contributed by atoms with van der Waals surface area (Å²) in [5.41, 5.74) is 7.46. The van der Waals surface area contributed by atoms with E-state index in [2.05, 4.69) is 15.3 Å². The van der Waals surface area contributed by atoms with Crippen LogP contribution in [0.25, 0.3) is 5.65 Å². The Kier molecular flexibility index (Phi) is 1.95. The quantitative estimate of drug-likeness (QED) is 0.832. The zero-order valence-electron chi connectivity index (χ0n) is 9.05. The molecule has 0 atom stereocenters. The molecular weight excluding hydrogens is 206 g/mol. The molecule has 1 aliphatic rings. The Balaban J connectivity index is 2.17. The lowest BCUT2D eigenvalue weighted by molar-refractivity contribution is 0.317. The average Bonchev–Trinajstić information content (AvgIpc) is 3.06. The van der Waals surface area contributed by atoms with Gasteiger partial charge >= 0.3 is 0 Å². The van der Waals surface area contributed by atoms with Gasteiger partial charge in [0.2, 0.25) is 11.8 Å². The van der Waals surface area contributed by atoms with Gasteiger partial charge < -0.3 is 10.5 Å². The lowest BCUT2D eigenvalue weighted by atomic mass is 10.2. The van der Waals surface area contributed by atoms with Crippen LogP contribution in [0.2, 0.25) is 0 Å². The Bertz CT molecular complexity index is 531. The summed E-state index contributed by atoms with van der Waals surface area (Å²) in [5.74, 6) is 1.51. The van der Waals surface area contributed by atoms with Crippen molar-refractivity contribution in [3.63, 3.8) is 0 Å². The summed E-state index contributed by atoms with van der Waals surface area (Å²) in [7, 11) is 0. The van der Waals surface area contributed by atoms with Crippen molar-refractivity contribution in [3.8, 4) is 5.88 Å². The molecule has 16 heavy (non-hydrogen) atoms. The van der Waals surface area contributed by atoms with Gasteiger partial charge in [-0.05, 0) is 31.7 Å². The highest BCUT2D eigenvalue weighted by atomic mass is 16.5. The Morgan fingerprint density at radius 2 is 2.31 bits per heavy atom. The van der Waals surface area contributed by atoms with Gasteiger partial charge in [-0.25, -0.2) is 0 Å². The molecule has 2 N–H and O–H groups in total.